The van der Waals surface area contributed by atoms with Crippen molar-refractivity contribution in [3.05, 3.63) is 65.7 Å². The Morgan fingerprint density at radius 3 is 2.42 bits per heavy atom. The molecule has 100 valence electrons. The van der Waals surface area contributed by atoms with Crippen molar-refractivity contribution in [1.82, 2.24) is 4.98 Å². The standard InChI is InChI=1S/C16H19FN2/c1-16(2,12-6-8-13(17)9-7-12)15(18)11-14-5-3-4-10-19-14/h3-10,15H,11,18H2,1-2H3. The molecule has 1 atom stereocenters. The summed E-state index contributed by atoms with van der Waals surface area (Å²) in [5.41, 5.74) is 8.11. The maximum atomic E-state index is 13.0. The monoisotopic (exact) mass is 258 g/mol. The SMILES string of the molecule is CC(C)(c1ccc(F)cc1)C(N)Cc1ccccn1. The van der Waals surface area contributed by atoms with Gasteiger partial charge in [-0.2, -0.15) is 0 Å². The number of aromatic nitrogens is 1. The van der Waals surface area contributed by atoms with Crippen molar-refractivity contribution in [2.75, 3.05) is 0 Å². The van der Waals surface area contributed by atoms with Gasteiger partial charge in [-0.3, -0.25) is 4.98 Å². The van der Waals surface area contributed by atoms with Crippen LogP contribution < -0.4 is 5.73 Å². The fraction of sp³-hybridized carbons (Fsp3) is 0.312. The maximum absolute atomic E-state index is 13.0. The molecule has 0 saturated heterocycles. The topological polar surface area (TPSA) is 38.9 Å². The van der Waals surface area contributed by atoms with Gasteiger partial charge in [-0.15, -0.1) is 0 Å². The zero-order valence-electron chi connectivity index (χ0n) is 11.3. The minimum Gasteiger partial charge on any atom is -0.327 e. The number of nitrogens with two attached hydrogens (primary N) is 1. The molecule has 0 aliphatic heterocycles. The minimum atomic E-state index is -0.231. The van der Waals surface area contributed by atoms with Crippen LogP contribution in [-0.2, 0) is 11.8 Å². The highest BCUT2D eigenvalue weighted by atomic mass is 19.1. The van der Waals surface area contributed by atoms with E-state index in [9.17, 15) is 4.39 Å². The summed E-state index contributed by atoms with van der Waals surface area (Å²) in [6.07, 6.45) is 2.47. The maximum Gasteiger partial charge on any atom is 0.123 e. The highest BCUT2D eigenvalue weighted by Gasteiger charge is 2.28. The van der Waals surface area contributed by atoms with E-state index in [1.807, 2.05) is 18.2 Å². The molecule has 0 aliphatic rings. The molecule has 0 saturated carbocycles. The third-order valence-corrected chi connectivity index (χ3v) is 3.67. The second-order valence-electron chi connectivity index (χ2n) is 5.36. The average Bonchev–Trinajstić information content (AvgIpc) is 2.40. The highest BCUT2D eigenvalue weighted by molar-refractivity contribution is 5.27. The second-order valence-corrected chi connectivity index (χ2v) is 5.36. The molecule has 0 bridgehead atoms. The van der Waals surface area contributed by atoms with E-state index in [0.29, 0.717) is 6.42 Å². The van der Waals surface area contributed by atoms with Gasteiger partial charge in [0.1, 0.15) is 5.82 Å². The molecular formula is C16H19FN2. The molecular weight excluding hydrogens is 239 g/mol. The number of hydrogen-bond donors (Lipinski definition) is 1. The first kappa shape index (κ1) is 13.7. The molecule has 0 spiro atoms. The molecule has 0 aliphatic carbocycles. The third kappa shape index (κ3) is 3.18. The van der Waals surface area contributed by atoms with Crippen molar-refractivity contribution in [2.45, 2.75) is 31.7 Å². The highest BCUT2D eigenvalue weighted by Crippen LogP contribution is 2.27. The van der Waals surface area contributed by atoms with Gasteiger partial charge in [-0.25, -0.2) is 4.39 Å². The van der Waals surface area contributed by atoms with Crippen LogP contribution in [0.15, 0.2) is 48.7 Å². The molecule has 1 aromatic heterocycles. The molecule has 1 aromatic carbocycles. The fourth-order valence-corrected chi connectivity index (χ4v) is 2.09. The van der Waals surface area contributed by atoms with Crippen molar-refractivity contribution in [2.24, 2.45) is 5.73 Å². The summed E-state index contributed by atoms with van der Waals surface area (Å²) in [5, 5.41) is 0. The summed E-state index contributed by atoms with van der Waals surface area (Å²) in [4.78, 5) is 4.30. The quantitative estimate of drug-likeness (QED) is 0.915. The van der Waals surface area contributed by atoms with E-state index in [2.05, 4.69) is 18.8 Å². The van der Waals surface area contributed by atoms with Gasteiger partial charge in [0.05, 0.1) is 0 Å². The number of halogens is 1. The lowest BCUT2D eigenvalue weighted by Gasteiger charge is -2.32. The first-order valence-electron chi connectivity index (χ1n) is 6.41. The lowest BCUT2D eigenvalue weighted by molar-refractivity contribution is 0.403. The van der Waals surface area contributed by atoms with Gasteiger partial charge < -0.3 is 5.73 Å². The number of hydrogen-bond acceptors (Lipinski definition) is 2. The van der Waals surface area contributed by atoms with Crippen LogP contribution in [0.3, 0.4) is 0 Å². The van der Waals surface area contributed by atoms with Crippen LogP contribution in [0.1, 0.15) is 25.1 Å². The van der Waals surface area contributed by atoms with E-state index in [1.165, 1.54) is 12.1 Å². The van der Waals surface area contributed by atoms with Crippen molar-refractivity contribution < 1.29 is 4.39 Å². The van der Waals surface area contributed by atoms with Gasteiger partial charge in [0.2, 0.25) is 0 Å². The summed E-state index contributed by atoms with van der Waals surface area (Å²) in [5.74, 6) is -0.224. The van der Waals surface area contributed by atoms with Crippen LogP contribution in [0.25, 0.3) is 0 Å². The molecule has 2 N–H and O–H groups in total. The van der Waals surface area contributed by atoms with Crippen molar-refractivity contribution >= 4 is 0 Å². The van der Waals surface area contributed by atoms with Gasteiger partial charge in [0.25, 0.3) is 0 Å². The largest absolute Gasteiger partial charge is 0.327 e. The lowest BCUT2D eigenvalue weighted by Crippen LogP contribution is -2.42. The zero-order valence-corrected chi connectivity index (χ0v) is 11.3. The predicted octanol–water partition coefficient (Wildman–Crippen LogP) is 3.07. The molecule has 19 heavy (non-hydrogen) atoms. The Balaban J connectivity index is 2.17. The van der Waals surface area contributed by atoms with Crippen LogP contribution in [0, 0.1) is 5.82 Å². The molecule has 0 radical (unpaired) electrons. The molecule has 2 nitrogen and oxygen atoms in total. The van der Waals surface area contributed by atoms with Crippen LogP contribution in [0.2, 0.25) is 0 Å². The van der Waals surface area contributed by atoms with Gasteiger partial charge in [-0.1, -0.05) is 32.0 Å². The number of pyridine rings is 1. The molecule has 0 amide bonds. The van der Waals surface area contributed by atoms with E-state index in [4.69, 9.17) is 5.73 Å². The smallest absolute Gasteiger partial charge is 0.123 e. The molecule has 2 rings (SSSR count). The summed E-state index contributed by atoms with van der Waals surface area (Å²) in [6.45, 7) is 4.15. The molecule has 0 fully saturated rings. The fourth-order valence-electron chi connectivity index (χ4n) is 2.09. The molecule has 1 heterocycles. The molecule has 3 heteroatoms. The first-order chi connectivity index (χ1) is 9.00. The van der Waals surface area contributed by atoms with Crippen molar-refractivity contribution in [3.63, 3.8) is 0 Å². The Labute approximate surface area is 113 Å². The zero-order chi connectivity index (χ0) is 13.9. The Bertz CT molecular complexity index is 520. The van der Waals surface area contributed by atoms with Crippen molar-refractivity contribution in [3.8, 4) is 0 Å². The van der Waals surface area contributed by atoms with E-state index >= 15 is 0 Å². The minimum absolute atomic E-state index is 0.0761. The summed E-state index contributed by atoms with van der Waals surface area (Å²) in [6, 6.07) is 12.3. The van der Waals surface area contributed by atoms with Crippen LogP contribution in [0.5, 0.6) is 0 Å². The predicted molar refractivity (Wildman–Crippen MR) is 75.3 cm³/mol. The molecule has 1 unspecified atom stereocenters. The Hall–Kier alpha value is -1.74. The number of nitrogens with zero attached hydrogens (tertiary/aromatic N) is 1. The summed E-state index contributed by atoms with van der Waals surface area (Å²) >= 11 is 0. The van der Waals surface area contributed by atoms with Gasteiger partial charge in [0.15, 0.2) is 0 Å². The Morgan fingerprint density at radius 2 is 1.84 bits per heavy atom. The Kier molecular flexibility index (Phi) is 3.96. The third-order valence-electron chi connectivity index (χ3n) is 3.67. The normalized spacial score (nSPS) is 13.3. The second kappa shape index (κ2) is 5.49. The van der Waals surface area contributed by atoms with Gasteiger partial charge in [-0.05, 0) is 29.8 Å². The van der Waals surface area contributed by atoms with Crippen LogP contribution >= 0.6 is 0 Å². The summed E-state index contributed by atoms with van der Waals surface area (Å²) < 4.78 is 13.0. The van der Waals surface area contributed by atoms with Crippen LogP contribution in [-0.4, -0.2) is 11.0 Å². The van der Waals surface area contributed by atoms with Crippen molar-refractivity contribution in [1.29, 1.82) is 0 Å². The van der Waals surface area contributed by atoms with E-state index < -0.39 is 0 Å². The van der Waals surface area contributed by atoms with Crippen LogP contribution in [0.4, 0.5) is 4.39 Å². The average molecular weight is 258 g/mol. The molecule has 2 aromatic rings. The first-order valence-corrected chi connectivity index (χ1v) is 6.41. The van der Waals surface area contributed by atoms with E-state index in [-0.39, 0.29) is 17.3 Å². The lowest BCUT2D eigenvalue weighted by atomic mass is 9.76. The van der Waals surface area contributed by atoms with E-state index in [1.54, 1.807) is 18.3 Å². The summed E-state index contributed by atoms with van der Waals surface area (Å²) in [7, 11) is 0. The van der Waals surface area contributed by atoms with Gasteiger partial charge >= 0.3 is 0 Å². The van der Waals surface area contributed by atoms with Gasteiger partial charge in [0, 0.05) is 29.8 Å². The number of rotatable bonds is 4. The van der Waals surface area contributed by atoms with E-state index in [0.717, 1.165) is 11.3 Å². The number of benzene rings is 1. The Morgan fingerprint density at radius 1 is 1.16 bits per heavy atom.